The second-order valence-corrected chi connectivity index (χ2v) is 4.65. The van der Waals surface area contributed by atoms with Crippen molar-refractivity contribution in [2.24, 2.45) is 0 Å². The lowest BCUT2D eigenvalue weighted by Crippen LogP contribution is -2.21. The van der Waals surface area contributed by atoms with Gasteiger partial charge < -0.3 is 15.0 Å². The lowest BCUT2D eigenvalue weighted by molar-refractivity contribution is 0.0847. The molecule has 2 N–H and O–H groups in total. The molecule has 5 heteroatoms. The Hall–Kier alpha value is -1.98. The lowest BCUT2D eigenvalue weighted by atomic mass is 10.1. The van der Waals surface area contributed by atoms with Gasteiger partial charge in [0.05, 0.1) is 5.69 Å². The summed E-state index contributed by atoms with van der Waals surface area (Å²) in [7, 11) is 0. The molecule has 0 saturated heterocycles. The SMILES string of the molecule is CCNCc1cc(=O)[nH]c(C(OCC)c2ccccc2)n1. The van der Waals surface area contributed by atoms with Gasteiger partial charge in [-0.2, -0.15) is 0 Å². The molecule has 0 amide bonds. The molecule has 1 unspecified atom stereocenters. The number of aromatic nitrogens is 2. The zero-order valence-electron chi connectivity index (χ0n) is 12.4. The molecule has 0 spiro atoms. The van der Waals surface area contributed by atoms with E-state index in [9.17, 15) is 4.79 Å². The van der Waals surface area contributed by atoms with Gasteiger partial charge >= 0.3 is 0 Å². The number of H-pyrrole nitrogens is 1. The molecule has 0 radical (unpaired) electrons. The highest BCUT2D eigenvalue weighted by Gasteiger charge is 2.17. The quantitative estimate of drug-likeness (QED) is 0.817. The summed E-state index contributed by atoms with van der Waals surface area (Å²) in [5.41, 5.74) is 1.54. The molecule has 0 aliphatic heterocycles. The van der Waals surface area contributed by atoms with Crippen molar-refractivity contribution in [3.8, 4) is 0 Å². The normalized spacial score (nSPS) is 12.3. The van der Waals surface area contributed by atoms with Crippen LogP contribution in [0, 0.1) is 0 Å². The maximum absolute atomic E-state index is 11.8. The van der Waals surface area contributed by atoms with E-state index in [1.807, 2.05) is 44.2 Å². The van der Waals surface area contributed by atoms with Crippen LogP contribution < -0.4 is 10.9 Å². The molecule has 2 rings (SSSR count). The third kappa shape index (κ3) is 4.24. The van der Waals surface area contributed by atoms with Crippen LogP contribution in [0.4, 0.5) is 0 Å². The molecule has 1 heterocycles. The highest BCUT2D eigenvalue weighted by Crippen LogP contribution is 2.22. The molecule has 1 aromatic heterocycles. The van der Waals surface area contributed by atoms with Gasteiger partial charge in [0.15, 0.2) is 0 Å². The summed E-state index contributed by atoms with van der Waals surface area (Å²) in [6, 6.07) is 11.3. The van der Waals surface area contributed by atoms with Crippen molar-refractivity contribution in [2.75, 3.05) is 13.2 Å². The van der Waals surface area contributed by atoms with Crippen LogP contribution in [0.25, 0.3) is 0 Å². The number of hydrogen-bond acceptors (Lipinski definition) is 4. The van der Waals surface area contributed by atoms with Crippen LogP contribution in [0.15, 0.2) is 41.2 Å². The highest BCUT2D eigenvalue weighted by atomic mass is 16.5. The van der Waals surface area contributed by atoms with Crippen LogP contribution in [0.5, 0.6) is 0 Å². The fourth-order valence-electron chi connectivity index (χ4n) is 2.12. The van der Waals surface area contributed by atoms with E-state index in [1.54, 1.807) is 0 Å². The summed E-state index contributed by atoms with van der Waals surface area (Å²) in [6.45, 7) is 5.89. The van der Waals surface area contributed by atoms with Crippen molar-refractivity contribution in [1.82, 2.24) is 15.3 Å². The van der Waals surface area contributed by atoms with Gasteiger partial charge in [0, 0.05) is 19.2 Å². The van der Waals surface area contributed by atoms with Crippen LogP contribution in [-0.4, -0.2) is 23.1 Å². The van der Waals surface area contributed by atoms with Crippen molar-refractivity contribution in [3.05, 3.63) is 63.8 Å². The van der Waals surface area contributed by atoms with Gasteiger partial charge in [0.25, 0.3) is 5.56 Å². The van der Waals surface area contributed by atoms with Crippen LogP contribution >= 0.6 is 0 Å². The van der Waals surface area contributed by atoms with E-state index in [0.717, 1.165) is 17.8 Å². The van der Waals surface area contributed by atoms with Gasteiger partial charge in [-0.05, 0) is 19.0 Å². The number of aromatic amines is 1. The Morgan fingerprint density at radius 2 is 2.05 bits per heavy atom. The van der Waals surface area contributed by atoms with E-state index in [2.05, 4.69) is 15.3 Å². The minimum Gasteiger partial charge on any atom is -0.366 e. The highest BCUT2D eigenvalue weighted by molar-refractivity contribution is 5.23. The van der Waals surface area contributed by atoms with Gasteiger partial charge in [0.2, 0.25) is 0 Å². The predicted molar refractivity (Wildman–Crippen MR) is 82.1 cm³/mol. The Balaban J connectivity index is 2.36. The molecule has 0 saturated carbocycles. The van der Waals surface area contributed by atoms with Crippen molar-refractivity contribution in [3.63, 3.8) is 0 Å². The van der Waals surface area contributed by atoms with E-state index in [-0.39, 0.29) is 11.7 Å². The van der Waals surface area contributed by atoms with Crippen molar-refractivity contribution < 1.29 is 4.74 Å². The largest absolute Gasteiger partial charge is 0.366 e. The van der Waals surface area contributed by atoms with Crippen LogP contribution in [0.2, 0.25) is 0 Å². The molecule has 5 nitrogen and oxygen atoms in total. The molecule has 21 heavy (non-hydrogen) atoms. The second kappa shape index (κ2) is 7.71. The topological polar surface area (TPSA) is 67.0 Å². The summed E-state index contributed by atoms with van der Waals surface area (Å²) in [6.07, 6.45) is -0.356. The average Bonchev–Trinajstić information content (AvgIpc) is 2.51. The Morgan fingerprint density at radius 1 is 1.29 bits per heavy atom. The standard InChI is InChI=1S/C16H21N3O2/c1-3-17-11-13-10-14(20)19-16(18-13)15(21-4-2)12-8-6-5-7-9-12/h5-10,15,17H,3-4,11H2,1-2H3,(H,18,19,20). The van der Waals surface area contributed by atoms with Gasteiger partial charge in [-0.15, -0.1) is 0 Å². The Bertz CT molecular complexity index is 610. The first-order valence-corrected chi connectivity index (χ1v) is 7.22. The Kier molecular flexibility index (Phi) is 5.66. The summed E-state index contributed by atoms with van der Waals surface area (Å²) < 4.78 is 5.78. The molecule has 0 bridgehead atoms. The Labute approximate surface area is 124 Å². The first kappa shape index (κ1) is 15.4. The fourth-order valence-corrected chi connectivity index (χ4v) is 2.12. The van der Waals surface area contributed by atoms with E-state index in [0.29, 0.717) is 19.0 Å². The van der Waals surface area contributed by atoms with Crippen molar-refractivity contribution in [2.45, 2.75) is 26.5 Å². The molecule has 1 atom stereocenters. The monoisotopic (exact) mass is 287 g/mol. The number of benzene rings is 1. The third-order valence-corrected chi connectivity index (χ3v) is 3.05. The average molecular weight is 287 g/mol. The van der Waals surface area contributed by atoms with Gasteiger partial charge in [-0.1, -0.05) is 37.3 Å². The predicted octanol–water partition coefficient (Wildman–Crippen LogP) is 2.01. The minimum absolute atomic E-state index is 0.159. The van der Waals surface area contributed by atoms with E-state index in [1.165, 1.54) is 6.07 Å². The van der Waals surface area contributed by atoms with Gasteiger partial charge in [-0.25, -0.2) is 4.98 Å². The molecule has 0 aliphatic rings. The first-order valence-electron chi connectivity index (χ1n) is 7.22. The Morgan fingerprint density at radius 3 is 2.71 bits per heavy atom. The number of nitrogens with one attached hydrogen (secondary N) is 2. The van der Waals surface area contributed by atoms with Crippen molar-refractivity contribution in [1.29, 1.82) is 0 Å². The van der Waals surface area contributed by atoms with E-state index < -0.39 is 0 Å². The summed E-state index contributed by atoms with van der Waals surface area (Å²) >= 11 is 0. The number of ether oxygens (including phenoxy) is 1. The van der Waals surface area contributed by atoms with E-state index >= 15 is 0 Å². The van der Waals surface area contributed by atoms with Crippen molar-refractivity contribution >= 4 is 0 Å². The molecule has 1 aromatic carbocycles. The molecular weight excluding hydrogens is 266 g/mol. The minimum atomic E-state index is -0.356. The molecular formula is C16H21N3O2. The zero-order chi connectivity index (χ0) is 15.1. The number of rotatable bonds is 7. The smallest absolute Gasteiger partial charge is 0.251 e. The van der Waals surface area contributed by atoms with Crippen LogP contribution in [0.3, 0.4) is 0 Å². The molecule has 2 aromatic rings. The van der Waals surface area contributed by atoms with Crippen LogP contribution in [-0.2, 0) is 11.3 Å². The molecule has 112 valence electrons. The van der Waals surface area contributed by atoms with Gasteiger partial charge in [0.1, 0.15) is 11.9 Å². The fraction of sp³-hybridized carbons (Fsp3) is 0.375. The zero-order valence-corrected chi connectivity index (χ0v) is 12.4. The second-order valence-electron chi connectivity index (χ2n) is 4.65. The maximum atomic E-state index is 11.8. The maximum Gasteiger partial charge on any atom is 0.251 e. The number of nitrogens with zero attached hydrogens (tertiary/aromatic N) is 1. The lowest BCUT2D eigenvalue weighted by Gasteiger charge is -2.17. The van der Waals surface area contributed by atoms with Crippen LogP contribution in [0.1, 0.15) is 37.0 Å². The van der Waals surface area contributed by atoms with E-state index in [4.69, 9.17) is 4.74 Å². The first-order chi connectivity index (χ1) is 10.2. The number of hydrogen-bond donors (Lipinski definition) is 2. The summed E-state index contributed by atoms with van der Waals surface area (Å²) in [5, 5.41) is 3.17. The molecule has 0 fully saturated rings. The third-order valence-electron chi connectivity index (χ3n) is 3.05. The summed E-state index contributed by atoms with van der Waals surface area (Å²) in [5.74, 6) is 0.545. The summed E-state index contributed by atoms with van der Waals surface area (Å²) in [4.78, 5) is 19.1. The van der Waals surface area contributed by atoms with Gasteiger partial charge in [-0.3, -0.25) is 4.79 Å². The molecule has 0 aliphatic carbocycles.